The van der Waals surface area contributed by atoms with Gasteiger partial charge in [0.1, 0.15) is 0 Å². The second-order valence-corrected chi connectivity index (χ2v) is 8.80. The summed E-state index contributed by atoms with van der Waals surface area (Å²) in [7, 11) is 1.29. The van der Waals surface area contributed by atoms with E-state index in [9.17, 15) is 14.4 Å². The molecule has 0 spiro atoms. The third-order valence-corrected chi connectivity index (χ3v) is 5.44. The largest absolute Gasteiger partial charge is 0.469 e. The van der Waals surface area contributed by atoms with E-state index in [1.165, 1.54) is 11.7 Å². The van der Waals surface area contributed by atoms with Gasteiger partial charge in [0.15, 0.2) is 5.16 Å². The van der Waals surface area contributed by atoms with Crippen molar-refractivity contribution in [3.05, 3.63) is 46.4 Å². The van der Waals surface area contributed by atoms with E-state index in [-0.39, 0.29) is 41.5 Å². The van der Waals surface area contributed by atoms with Gasteiger partial charge in [-0.3, -0.25) is 24.3 Å². The fourth-order valence-electron chi connectivity index (χ4n) is 2.75. The Kier molecular flexibility index (Phi) is 6.79. The number of nitrogens with one attached hydrogen (secondary N) is 1. The standard InChI is InChI=1S/C21H24N4O5S/c1-21(2,3)15-11-17(30-24-15)23-16(26)12-31-20-22-14-8-6-5-7-13(14)19(28)25(20)10-9-18(27)29-4/h5-8,11H,9-10,12H2,1-4H3,(H,23,26). The van der Waals surface area contributed by atoms with Crippen molar-refractivity contribution in [2.45, 2.75) is 44.3 Å². The van der Waals surface area contributed by atoms with Gasteiger partial charge in [-0.15, -0.1) is 0 Å². The predicted octanol–water partition coefficient (Wildman–Crippen LogP) is 2.98. The van der Waals surface area contributed by atoms with Crippen molar-refractivity contribution in [1.29, 1.82) is 0 Å². The van der Waals surface area contributed by atoms with Gasteiger partial charge in [-0.25, -0.2) is 4.98 Å². The Balaban J connectivity index is 1.77. The lowest BCUT2D eigenvalue weighted by atomic mass is 9.92. The molecular formula is C21H24N4O5S. The number of thioether (sulfide) groups is 1. The van der Waals surface area contributed by atoms with Crippen molar-refractivity contribution in [2.75, 3.05) is 18.2 Å². The zero-order valence-corrected chi connectivity index (χ0v) is 18.6. The molecule has 9 nitrogen and oxygen atoms in total. The van der Waals surface area contributed by atoms with Gasteiger partial charge in [-0.1, -0.05) is 49.8 Å². The number of fused-ring (bicyclic) bond motifs is 1. The summed E-state index contributed by atoms with van der Waals surface area (Å²) in [6.07, 6.45) is 0.0177. The maximum Gasteiger partial charge on any atom is 0.307 e. The fourth-order valence-corrected chi connectivity index (χ4v) is 3.58. The molecule has 0 bridgehead atoms. The molecule has 1 amide bonds. The molecule has 164 valence electrons. The van der Waals surface area contributed by atoms with Crippen molar-refractivity contribution in [1.82, 2.24) is 14.7 Å². The molecule has 0 fully saturated rings. The van der Waals surface area contributed by atoms with Gasteiger partial charge in [0.2, 0.25) is 11.8 Å². The number of ether oxygens (including phenoxy) is 1. The molecule has 0 aliphatic rings. The lowest BCUT2D eigenvalue weighted by Gasteiger charge is -2.12. The van der Waals surface area contributed by atoms with Crippen LogP contribution in [0.3, 0.4) is 0 Å². The number of aromatic nitrogens is 3. The van der Waals surface area contributed by atoms with Gasteiger partial charge in [0, 0.05) is 18.0 Å². The number of carbonyl (C=O) groups excluding carboxylic acids is 2. The van der Waals surface area contributed by atoms with Crippen LogP contribution < -0.4 is 10.9 Å². The first-order valence-corrected chi connectivity index (χ1v) is 10.6. The second kappa shape index (κ2) is 9.34. The number of carbonyl (C=O) groups is 2. The van der Waals surface area contributed by atoms with E-state index in [1.54, 1.807) is 30.3 Å². The predicted molar refractivity (Wildman–Crippen MR) is 117 cm³/mol. The SMILES string of the molecule is COC(=O)CCn1c(SCC(=O)Nc2cc(C(C)(C)C)no2)nc2ccccc2c1=O. The molecule has 1 aromatic carbocycles. The topological polar surface area (TPSA) is 116 Å². The highest BCUT2D eigenvalue weighted by Crippen LogP contribution is 2.24. The highest BCUT2D eigenvalue weighted by Gasteiger charge is 2.20. The summed E-state index contributed by atoms with van der Waals surface area (Å²) < 4.78 is 11.2. The maximum atomic E-state index is 12.9. The molecule has 10 heteroatoms. The third-order valence-electron chi connectivity index (χ3n) is 4.47. The lowest BCUT2D eigenvalue weighted by molar-refractivity contribution is -0.140. The zero-order chi connectivity index (χ0) is 22.6. The van der Waals surface area contributed by atoms with Crippen molar-refractivity contribution in [3.8, 4) is 0 Å². The van der Waals surface area contributed by atoms with Gasteiger partial charge >= 0.3 is 5.97 Å². The van der Waals surface area contributed by atoms with Gasteiger partial charge in [0.25, 0.3) is 5.56 Å². The van der Waals surface area contributed by atoms with Crippen molar-refractivity contribution < 1.29 is 18.8 Å². The van der Waals surface area contributed by atoms with E-state index >= 15 is 0 Å². The molecule has 0 saturated heterocycles. The monoisotopic (exact) mass is 444 g/mol. The van der Waals surface area contributed by atoms with E-state index in [2.05, 4.69) is 20.2 Å². The number of benzene rings is 1. The first-order valence-electron chi connectivity index (χ1n) is 9.65. The molecule has 1 N–H and O–H groups in total. The van der Waals surface area contributed by atoms with Crippen LogP contribution in [0.1, 0.15) is 32.9 Å². The molecule has 0 saturated carbocycles. The van der Waals surface area contributed by atoms with Crippen molar-refractivity contribution >= 4 is 40.4 Å². The van der Waals surface area contributed by atoms with Crippen LogP contribution in [-0.2, 0) is 26.3 Å². The quantitative estimate of drug-likeness (QED) is 0.336. The number of nitrogens with zero attached hydrogens (tertiary/aromatic N) is 3. The molecule has 3 rings (SSSR count). The Morgan fingerprint density at radius 2 is 2.00 bits per heavy atom. The van der Waals surface area contributed by atoms with Crippen LogP contribution in [0.25, 0.3) is 10.9 Å². The zero-order valence-electron chi connectivity index (χ0n) is 17.8. The molecule has 0 aliphatic carbocycles. The average Bonchev–Trinajstić information content (AvgIpc) is 3.20. The summed E-state index contributed by atoms with van der Waals surface area (Å²) >= 11 is 1.10. The number of esters is 1. The van der Waals surface area contributed by atoms with Crippen LogP contribution in [0, 0.1) is 0 Å². The van der Waals surface area contributed by atoms with Crippen LogP contribution in [0.2, 0.25) is 0 Å². The number of hydrogen-bond donors (Lipinski definition) is 1. The second-order valence-electron chi connectivity index (χ2n) is 7.86. The Bertz CT molecular complexity index is 1160. The molecule has 3 aromatic rings. The number of methoxy groups -OCH3 is 1. The Labute approximate surface area is 183 Å². The molecule has 0 aliphatic heterocycles. The van der Waals surface area contributed by atoms with Gasteiger partial charge in [-0.2, -0.15) is 0 Å². The first-order chi connectivity index (χ1) is 14.7. The Morgan fingerprint density at radius 1 is 1.26 bits per heavy atom. The van der Waals surface area contributed by atoms with Crippen LogP contribution in [0.4, 0.5) is 5.88 Å². The van der Waals surface area contributed by atoms with E-state index in [0.29, 0.717) is 16.1 Å². The van der Waals surface area contributed by atoms with E-state index in [0.717, 1.165) is 17.5 Å². The van der Waals surface area contributed by atoms with E-state index in [1.807, 2.05) is 20.8 Å². The highest BCUT2D eigenvalue weighted by atomic mass is 32.2. The van der Waals surface area contributed by atoms with Gasteiger partial charge in [0.05, 0.1) is 35.9 Å². The highest BCUT2D eigenvalue weighted by molar-refractivity contribution is 7.99. The van der Waals surface area contributed by atoms with E-state index in [4.69, 9.17) is 4.52 Å². The van der Waals surface area contributed by atoms with Gasteiger partial charge in [-0.05, 0) is 12.1 Å². The van der Waals surface area contributed by atoms with Crippen LogP contribution >= 0.6 is 11.8 Å². The normalized spacial score (nSPS) is 11.5. The van der Waals surface area contributed by atoms with Crippen molar-refractivity contribution in [2.24, 2.45) is 0 Å². The Morgan fingerprint density at radius 3 is 2.68 bits per heavy atom. The van der Waals surface area contributed by atoms with Gasteiger partial charge < -0.3 is 9.26 Å². The minimum Gasteiger partial charge on any atom is -0.469 e. The number of hydrogen-bond acceptors (Lipinski definition) is 8. The number of para-hydroxylation sites is 1. The minimum absolute atomic E-state index is 0.00540. The fraction of sp³-hybridized carbons (Fsp3) is 0.381. The molecule has 0 radical (unpaired) electrons. The third kappa shape index (κ3) is 5.52. The molecule has 31 heavy (non-hydrogen) atoms. The molecule has 2 aromatic heterocycles. The number of rotatable bonds is 7. The number of anilines is 1. The summed E-state index contributed by atoms with van der Waals surface area (Å²) in [5.74, 6) is -0.517. The summed E-state index contributed by atoms with van der Waals surface area (Å²) in [6.45, 7) is 6.08. The summed E-state index contributed by atoms with van der Waals surface area (Å²) in [5.41, 5.74) is 0.770. The lowest BCUT2D eigenvalue weighted by Crippen LogP contribution is -2.25. The van der Waals surface area contributed by atoms with Crippen LogP contribution in [0.5, 0.6) is 0 Å². The maximum absolute atomic E-state index is 12.9. The smallest absolute Gasteiger partial charge is 0.307 e. The Hall–Kier alpha value is -3.14. The molecule has 0 atom stereocenters. The molecule has 0 unspecified atom stereocenters. The van der Waals surface area contributed by atoms with Crippen LogP contribution in [-0.4, -0.2) is 39.4 Å². The first kappa shape index (κ1) is 22.5. The van der Waals surface area contributed by atoms with Crippen molar-refractivity contribution in [3.63, 3.8) is 0 Å². The summed E-state index contributed by atoms with van der Waals surface area (Å²) in [6, 6.07) is 8.62. The number of amides is 1. The summed E-state index contributed by atoms with van der Waals surface area (Å²) in [4.78, 5) is 41.4. The minimum atomic E-state index is -0.436. The molecule has 2 heterocycles. The van der Waals surface area contributed by atoms with Crippen LogP contribution in [0.15, 0.2) is 44.8 Å². The average molecular weight is 445 g/mol. The summed E-state index contributed by atoms with van der Waals surface area (Å²) in [5, 5.41) is 7.41. The molecular weight excluding hydrogens is 420 g/mol. The van der Waals surface area contributed by atoms with E-state index < -0.39 is 5.97 Å².